The van der Waals surface area contributed by atoms with Gasteiger partial charge in [-0.2, -0.15) is 0 Å². The summed E-state index contributed by atoms with van der Waals surface area (Å²) in [6.07, 6.45) is 0. The van der Waals surface area contributed by atoms with E-state index in [4.69, 9.17) is 22.4 Å². The predicted octanol–water partition coefficient (Wildman–Crippen LogP) is 0.960. The number of halogens is 1. The summed E-state index contributed by atoms with van der Waals surface area (Å²) in [5.74, 6) is -1.70. The number of carboxylic acids is 1. The maximum Gasteiger partial charge on any atom is 0.310 e. The molecule has 17 heavy (non-hydrogen) atoms. The molecule has 1 aliphatic heterocycles. The number of carbonyl (C=O) groups excluding carboxylic acids is 1. The lowest BCUT2D eigenvalue weighted by atomic mass is 9.99. The molecular formula is C11H11ClN2O3. The van der Waals surface area contributed by atoms with E-state index in [0.717, 1.165) is 5.69 Å². The molecule has 0 radical (unpaired) electrons. The normalized spacial score (nSPS) is 15.5. The van der Waals surface area contributed by atoms with Crippen molar-refractivity contribution < 1.29 is 14.7 Å². The van der Waals surface area contributed by atoms with E-state index in [9.17, 15) is 9.59 Å². The van der Waals surface area contributed by atoms with Crippen LogP contribution in [0, 0.1) is 5.92 Å². The van der Waals surface area contributed by atoms with Crippen molar-refractivity contribution in [1.29, 1.82) is 0 Å². The Balaban J connectivity index is 2.12. The molecule has 1 amide bonds. The van der Waals surface area contributed by atoms with Crippen molar-refractivity contribution in [2.45, 2.75) is 0 Å². The number of anilines is 1. The molecule has 1 heterocycles. The van der Waals surface area contributed by atoms with E-state index in [1.54, 1.807) is 18.2 Å². The average molecular weight is 255 g/mol. The molecule has 3 N–H and O–H groups in total. The third kappa shape index (κ3) is 2.19. The zero-order valence-corrected chi connectivity index (χ0v) is 9.65. The van der Waals surface area contributed by atoms with Gasteiger partial charge in [-0.3, -0.25) is 9.59 Å². The van der Waals surface area contributed by atoms with Crippen molar-refractivity contribution >= 4 is 29.2 Å². The van der Waals surface area contributed by atoms with E-state index in [2.05, 4.69) is 0 Å². The van der Waals surface area contributed by atoms with Crippen molar-refractivity contribution in [3.05, 3.63) is 28.8 Å². The number of primary amides is 1. The zero-order chi connectivity index (χ0) is 12.6. The molecule has 0 saturated carbocycles. The standard InChI is InChI=1S/C11H11ClN2O3/c12-9-3-7(1-2-8(9)10(13)15)14-4-6(5-14)11(16)17/h1-3,6H,4-5H2,(H2,13,15)(H,16,17). The van der Waals surface area contributed by atoms with Crippen LogP contribution >= 0.6 is 11.6 Å². The van der Waals surface area contributed by atoms with Gasteiger partial charge in [0.2, 0.25) is 5.91 Å². The number of carbonyl (C=O) groups is 2. The molecule has 1 aliphatic rings. The Kier molecular flexibility index (Phi) is 2.93. The summed E-state index contributed by atoms with van der Waals surface area (Å²) in [6.45, 7) is 0.920. The Bertz CT molecular complexity index is 484. The van der Waals surface area contributed by atoms with Crippen LogP contribution in [0.4, 0.5) is 5.69 Å². The van der Waals surface area contributed by atoms with E-state index in [1.165, 1.54) is 0 Å². The Hall–Kier alpha value is -1.75. The van der Waals surface area contributed by atoms with Gasteiger partial charge in [0.1, 0.15) is 0 Å². The van der Waals surface area contributed by atoms with Crippen molar-refractivity contribution in [3.8, 4) is 0 Å². The van der Waals surface area contributed by atoms with Crippen molar-refractivity contribution in [2.24, 2.45) is 11.7 Å². The highest BCUT2D eigenvalue weighted by molar-refractivity contribution is 6.34. The first-order valence-electron chi connectivity index (χ1n) is 5.06. The topological polar surface area (TPSA) is 83.6 Å². The summed E-state index contributed by atoms with van der Waals surface area (Å²) in [6, 6.07) is 4.89. The van der Waals surface area contributed by atoms with Gasteiger partial charge in [0.05, 0.1) is 16.5 Å². The molecule has 2 rings (SSSR count). The van der Waals surface area contributed by atoms with Gasteiger partial charge >= 0.3 is 5.97 Å². The molecule has 0 unspecified atom stereocenters. The van der Waals surface area contributed by atoms with Crippen LogP contribution in [-0.2, 0) is 4.79 Å². The predicted molar refractivity (Wildman–Crippen MR) is 63.3 cm³/mol. The summed E-state index contributed by atoms with van der Waals surface area (Å²) in [5, 5.41) is 9.04. The summed E-state index contributed by atoms with van der Waals surface area (Å²) in [5.41, 5.74) is 6.21. The molecular weight excluding hydrogens is 244 g/mol. The molecule has 0 atom stereocenters. The summed E-state index contributed by atoms with van der Waals surface area (Å²) < 4.78 is 0. The van der Waals surface area contributed by atoms with Crippen LogP contribution in [0.1, 0.15) is 10.4 Å². The fourth-order valence-corrected chi connectivity index (χ4v) is 2.01. The van der Waals surface area contributed by atoms with E-state index in [0.29, 0.717) is 13.1 Å². The number of amides is 1. The Morgan fingerprint density at radius 1 is 1.41 bits per heavy atom. The number of hydrogen-bond donors (Lipinski definition) is 2. The Morgan fingerprint density at radius 2 is 2.06 bits per heavy atom. The van der Waals surface area contributed by atoms with E-state index in [1.807, 2.05) is 4.90 Å². The lowest BCUT2D eigenvalue weighted by Crippen LogP contribution is -2.50. The monoisotopic (exact) mass is 254 g/mol. The molecule has 1 aromatic rings. The number of rotatable bonds is 3. The fourth-order valence-electron chi connectivity index (χ4n) is 1.75. The van der Waals surface area contributed by atoms with Crippen molar-refractivity contribution in [2.75, 3.05) is 18.0 Å². The molecule has 0 aromatic heterocycles. The van der Waals surface area contributed by atoms with Crippen LogP contribution < -0.4 is 10.6 Å². The van der Waals surface area contributed by atoms with Crippen LogP contribution in [-0.4, -0.2) is 30.1 Å². The quantitative estimate of drug-likeness (QED) is 0.842. The molecule has 0 bridgehead atoms. The van der Waals surface area contributed by atoms with Crippen molar-refractivity contribution in [1.82, 2.24) is 0 Å². The second kappa shape index (κ2) is 4.25. The Labute approximate surface area is 103 Å². The number of nitrogens with two attached hydrogens (primary N) is 1. The van der Waals surface area contributed by atoms with Gasteiger partial charge in [-0.25, -0.2) is 0 Å². The maximum absolute atomic E-state index is 11.0. The van der Waals surface area contributed by atoms with Crippen LogP contribution in [0.3, 0.4) is 0 Å². The first kappa shape index (κ1) is 11.7. The van der Waals surface area contributed by atoms with Crippen LogP contribution in [0.5, 0.6) is 0 Å². The summed E-state index contributed by atoms with van der Waals surface area (Å²) in [4.78, 5) is 23.5. The van der Waals surface area contributed by atoms with Gasteiger partial charge in [-0.05, 0) is 18.2 Å². The van der Waals surface area contributed by atoms with Gasteiger partial charge in [0, 0.05) is 18.8 Å². The van der Waals surface area contributed by atoms with Gasteiger partial charge in [0.15, 0.2) is 0 Å². The lowest BCUT2D eigenvalue weighted by Gasteiger charge is -2.38. The third-order valence-electron chi connectivity index (χ3n) is 2.81. The SMILES string of the molecule is NC(=O)c1ccc(N2CC(C(=O)O)C2)cc1Cl. The smallest absolute Gasteiger partial charge is 0.310 e. The minimum Gasteiger partial charge on any atom is -0.481 e. The number of aliphatic carboxylic acids is 1. The molecule has 1 saturated heterocycles. The molecule has 0 spiro atoms. The minimum absolute atomic E-state index is 0.269. The van der Waals surface area contributed by atoms with Crippen LogP contribution in [0.25, 0.3) is 0 Å². The molecule has 1 aromatic carbocycles. The molecule has 1 fully saturated rings. The van der Waals surface area contributed by atoms with Gasteiger partial charge < -0.3 is 15.7 Å². The minimum atomic E-state index is -0.791. The zero-order valence-electron chi connectivity index (χ0n) is 8.89. The van der Waals surface area contributed by atoms with Crippen molar-refractivity contribution in [3.63, 3.8) is 0 Å². The van der Waals surface area contributed by atoms with Gasteiger partial charge in [-0.1, -0.05) is 11.6 Å². The third-order valence-corrected chi connectivity index (χ3v) is 3.13. The number of benzene rings is 1. The first-order valence-corrected chi connectivity index (χ1v) is 5.44. The van der Waals surface area contributed by atoms with Crippen LogP contribution in [0.15, 0.2) is 18.2 Å². The first-order chi connectivity index (χ1) is 7.99. The molecule has 6 heteroatoms. The highest BCUT2D eigenvalue weighted by atomic mass is 35.5. The van der Waals surface area contributed by atoms with Gasteiger partial charge in [-0.15, -0.1) is 0 Å². The fraction of sp³-hybridized carbons (Fsp3) is 0.273. The number of nitrogens with zero attached hydrogens (tertiary/aromatic N) is 1. The maximum atomic E-state index is 11.0. The van der Waals surface area contributed by atoms with E-state index < -0.39 is 11.9 Å². The highest BCUT2D eigenvalue weighted by Gasteiger charge is 2.32. The van der Waals surface area contributed by atoms with Gasteiger partial charge in [0.25, 0.3) is 0 Å². The molecule has 90 valence electrons. The highest BCUT2D eigenvalue weighted by Crippen LogP contribution is 2.28. The average Bonchev–Trinajstić information content (AvgIpc) is 2.13. The van der Waals surface area contributed by atoms with E-state index >= 15 is 0 Å². The van der Waals surface area contributed by atoms with Crippen LogP contribution in [0.2, 0.25) is 5.02 Å². The second-order valence-corrected chi connectivity index (χ2v) is 4.38. The summed E-state index contributed by atoms with van der Waals surface area (Å²) >= 11 is 5.90. The molecule has 0 aliphatic carbocycles. The Morgan fingerprint density at radius 3 is 2.53 bits per heavy atom. The number of carboxylic acid groups (broad SMARTS) is 1. The second-order valence-electron chi connectivity index (χ2n) is 3.97. The summed E-state index contributed by atoms with van der Waals surface area (Å²) in [7, 11) is 0. The number of hydrogen-bond acceptors (Lipinski definition) is 3. The van der Waals surface area contributed by atoms with E-state index in [-0.39, 0.29) is 16.5 Å². The largest absolute Gasteiger partial charge is 0.481 e. The molecule has 5 nitrogen and oxygen atoms in total. The lowest BCUT2D eigenvalue weighted by molar-refractivity contribution is -0.142.